The van der Waals surface area contributed by atoms with Gasteiger partial charge in [-0.2, -0.15) is 0 Å². The van der Waals surface area contributed by atoms with E-state index < -0.39 is 21.6 Å². The number of aromatic hydroxyl groups is 1. The minimum atomic E-state index is -3.72. The van der Waals surface area contributed by atoms with Crippen molar-refractivity contribution in [2.75, 3.05) is 12.4 Å². The van der Waals surface area contributed by atoms with Crippen LogP contribution in [0.2, 0.25) is 0 Å². The van der Waals surface area contributed by atoms with E-state index in [0.29, 0.717) is 23.1 Å². The monoisotopic (exact) mass is 478 g/mol. The molecule has 0 aliphatic carbocycles. The quantitative estimate of drug-likeness (QED) is 0.360. The van der Waals surface area contributed by atoms with Crippen molar-refractivity contribution >= 4 is 26.6 Å². The highest BCUT2D eigenvalue weighted by atomic mass is 32.2. The number of phenols is 1. The first-order valence-corrected chi connectivity index (χ1v) is 12.1. The Kier molecular flexibility index (Phi) is 6.70. The molecule has 0 spiro atoms. The molecule has 0 saturated heterocycles. The van der Waals surface area contributed by atoms with Gasteiger partial charge in [-0.1, -0.05) is 54.6 Å². The third kappa shape index (κ3) is 5.13. The summed E-state index contributed by atoms with van der Waals surface area (Å²) in [5.41, 5.74) is 0.679. The average Bonchev–Trinajstić information content (AvgIpc) is 2.83. The van der Waals surface area contributed by atoms with Crippen LogP contribution in [-0.4, -0.2) is 37.0 Å². The van der Waals surface area contributed by atoms with Crippen LogP contribution >= 0.6 is 0 Å². The first-order chi connectivity index (χ1) is 16.3. The van der Waals surface area contributed by atoms with E-state index in [1.807, 2.05) is 42.5 Å². The molecule has 8 heteroatoms. The van der Waals surface area contributed by atoms with Gasteiger partial charge >= 0.3 is 5.97 Å². The van der Waals surface area contributed by atoms with Crippen molar-refractivity contribution in [1.29, 1.82) is 0 Å². The number of ether oxygens (including phenoxy) is 2. The van der Waals surface area contributed by atoms with E-state index in [1.165, 1.54) is 18.2 Å². The number of carboxylic acid groups (broad SMARTS) is 1. The lowest BCUT2D eigenvalue weighted by Crippen LogP contribution is -2.15. The van der Waals surface area contributed by atoms with E-state index in [1.54, 1.807) is 18.2 Å². The zero-order chi connectivity index (χ0) is 24.1. The Morgan fingerprint density at radius 2 is 1.53 bits per heavy atom. The molecule has 2 N–H and O–H groups in total. The zero-order valence-corrected chi connectivity index (χ0v) is 18.9. The van der Waals surface area contributed by atoms with Gasteiger partial charge in [0.25, 0.3) is 0 Å². The van der Waals surface area contributed by atoms with E-state index in [0.717, 1.165) is 11.6 Å². The summed E-state index contributed by atoms with van der Waals surface area (Å²) < 4.78 is 37.6. The molecule has 4 rings (SSSR count). The smallest absolute Gasteiger partial charge is 0.339 e. The van der Waals surface area contributed by atoms with Gasteiger partial charge in [0.1, 0.15) is 36.0 Å². The van der Waals surface area contributed by atoms with Gasteiger partial charge in [-0.3, -0.25) is 0 Å². The molecule has 0 atom stereocenters. The standard InChI is InChI=1S/C26H22O7S/c27-23-11-10-19(16-22(23)26(28)29)32-14-15-34(30,31)25-13-12-24(20-8-4-5-9-21(20)25)33-17-18-6-2-1-3-7-18/h1-13,16,27H,14-15,17H2,(H,28,29). The number of sulfone groups is 1. The summed E-state index contributed by atoms with van der Waals surface area (Å²) in [4.78, 5) is 11.3. The van der Waals surface area contributed by atoms with E-state index in [-0.39, 0.29) is 28.6 Å². The Morgan fingerprint density at radius 1 is 0.824 bits per heavy atom. The van der Waals surface area contributed by atoms with Crippen molar-refractivity contribution in [3.63, 3.8) is 0 Å². The van der Waals surface area contributed by atoms with Gasteiger partial charge in [0.2, 0.25) is 0 Å². The summed E-state index contributed by atoms with van der Waals surface area (Å²) in [6.07, 6.45) is 0. The Balaban J connectivity index is 1.52. The van der Waals surface area contributed by atoms with Crippen LogP contribution in [0, 0.1) is 0 Å². The second-order valence-electron chi connectivity index (χ2n) is 7.53. The lowest BCUT2D eigenvalue weighted by molar-refractivity contribution is 0.0693. The summed E-state index contributed by atoms with van der Waals surface area (Å²) in [5.74, 6) is -1.28. The number of carboxylic acids is 1. The van der Waals surface area contributed by atoms with Crippen molar-refractivity contribution in [2.24, 2.45) is 0 Å². The minimum Gasteiger partial charge on any atom is -0.507 e. The molecular formula is C26H22O7S. The highest BCUT2D eigenvalue weighted by Gasteiger charge is 2.20. The molecule has 0 aliphatic heterocycles. The summed E-state index contributed by atoms with van der Waals surface area (Å²) in [7, 11) is -3.72. The maximum Gasteiger partial charge on any atom is 0.339 e. The number of hydrogen-bond donors (Lipinski definition) is 2. The molecule has 0 amide bonds. The Morgan fingerprint density at radius 3 is 2.26 bits per heavy atom. The van der Waals surface area contributed by atoms with Crippen LogP contribution in [0.5, 0.6) is 17.2 Å². The van der Waals surface area contributed by atoms with Crippen molar-refractivity contribution in [1.82, 2.24) is 0 Å². The molecule has 0 unspecified atom stereocenters. The summed E-state index contributed by atoms with van der Waals surface area (Å²) >= 11 is 0. The minimum absolute atomic E-state index is 0.153. The van der Waals surface area contributed by atoms with Crippen molar-refractivity contribution < 1.29 is 32.9 Å². The van der Waals surface area contributed by atoms with E-state index in [9.17, 15) is 18.3 Å². The summed E-state index contributed by atoms with van der Waals surface area (Å²) in [6, 6.07) is 23.7. The van der Waals surface area contributed by atoms with Crippen molar-refractivity contribution in [3.05, 3.63) is 96.1 Å². The largest absolute Gasteiger partial charge is 0.507 e. The highest BCUT2D eigenvalue weighted by molar-refractivity contribution is 7.91. The van der Waals surface area contributed by atoms with E-state index >= 15 is 0 Å². The normalized spacial score (nSPS) is 11.3. The molecule has 0 heterocycles. The molecule has 0 aliphatic rings. The number of carbonyl (C=O) groups is 1. The van der Waals surface area contributed by atoms with Gasteiger partial charge in [0, 0.05) is 10.8 Å². The van der Waals surface area contributed by atoms with Crippen LogP contribution in [0.3, 0.4) is 0 Å². The van der Waals surface area contributed by atoms with Crippen LogP contribution in [0.25, 0.3) is 10.8 Å². The summed E-state index contributed by atoms with van der Waals surface area (Å²) in [5, 5.41) is 19.9. The highest BCUT2D eigenvalue weighted by Crippen LogP contribution is 2.32. The molecule has 4 aromatic carbocycles. The average molecular weight is 479 g/mol. The van der Waals surface area contributed by atoms with Gasteiger partial charge in [-0.25, -0.2) is 13.2 Å². The molecular weight excluding hydrogens is 456 g/mol. The second kappa shape index (κ2) is 9.84. The maximum absolute atomic E-state index is 13.1. The first-order valence-electron chi connectivity index (χ1n) is 10.5. The predicted molar refractivity (Wildman–Crippen MR) is 127 cm³/mol. The van der Waals surface area contributed by atoms with Crippen LogP contribution < -0.4 is 9.47 Å². The molecule has 34 heavy (non-hydrogen) atoms. The molecule has 174 valence electrons. The van der Waals surface area contributed by atoms with Gasteiger partial charge < -0.3 is 19.7 Å². The fraction of sp³-hybridized carbons (Fsp3) is 0.115. The molecule has 4 aromatic rings. The maximum atomic E-state index is 13.1. The number of benzene rings is 4. The van der Waals surface area contributed by atoms with Gasteiger partial charge in [0.15, 0.2) is 9.84 Å². The fourth-order valence-corrected chi connectivity index (χ4v) is 4.84. The second-order valence-corrected chi connectivity index (χ2v) is 9.61. The SMILES string of the molecule is O=C(O)c1cc(OCCS(=O)(=O)c2ccc(OCc3ccccc3)c3ccccc23)ccc1O. The van der Waals surface area contributed by atoms with Crippen LogP contribution in [-0.2, 0) is 16.4 Å². The van der Waals surface area contributed by atoms with Gasteiger partial charge in [-0.15, -0.1) is 0 Å². The van der Waals surface area contributed by atoms with Crippen molar-refractivity contribution in [2.45, 2.75) is 11.5 Å². The lowest BCUT2D eigenvalue weighted by atomic mass is 10.1. The van der Waals surface area contributed by atoms with Crippen LogP contribution in [0.15, 0.2) is 89.8 Å². The van der Waals surface area contributed by atoms with Gasteiger partial charge in [0.05, 0.1) is 10.6 Å². The molecule has 0 fully saturated rings. The van der Waals surface area contributed by atoms with E-state index in [2.05, 4.69) is 0 Å². The number of aromatic carboxylic acids is 1. The Hall–Kier alpha value is -4.04. The van der Waals surface area contributed by atoms with Gasteiger partial charge in [-0.05, 0) is 35.9 Å². The summed E-state index contributed by atoms with van der Waals surface area (Å²) in [6.45, 7) is 0.169. The first kappa shape index (κ1) is 23.1. The number of rotatable bonds is 9. The van der Waals surface area contributed by atoms with Crippen LogP contribution in [0.4, 0.5) is 0 Å². The topological polar surface area (TPSA) is 110 Å². The molecule has 0 bridgehead atoms. The number of hydrogen-bond acceptors (Lipinski definition) is 6. The zero-order valence-electron chi connectivity index (χ0n) is 18.0. The van der Waals surface area contributed by atoms with Crippen molar-refractivity contribution in [3.8, 4) is 17.2 Å². The third-order valence-electron chi connectivity index (χ3n) is 5.24. The lowest BCUT2D eigenvalue weighted by Gasteiger charge is -2.14. The predicted octanol–water partition coefficient (Wildman–Crippen LogP) is 4.68. The molecule has 0 saturated carbocycles. The molecule has 0 aromatic heterocycles. The number of fused-ring (bicyclic) bond motifs is 1. The Bertz CT molecular complexity index is 1430. The Labute approximate surface area is 196 Å². The molecule has 0 radical (unpaired) electrons. The molecule has 7 nitrogen and oxygen atoms in total. The van der Waals surface area contributed by atoms with E-state index in [4.69, 9.17) is 14.6 Å². The van der Waals surface area contributed by atoms with Crippen LogP contribution in [0.1, 0.15) is 15.9 Å². The fourth-order valence-electron chi connectivity index (χ4n) is 3.53. The third-order valence-corrected chi connectivity index (χ3v) is 6.97.